The molecule has 4 N–H and O–H groups in total. The Morgan fingerprint density at radius 2 is 1.19 bits per heavy atom. The summed E-state index contributed by atoms with van der Waals surface area (Å²) in [5.41, 5.74) is 1.87. The number of alkyl carbamates (subject to hydrolysis) is 1. The predicted molar refractivity (Wildman–Crippen MR) is 300 cm³/mol. The van der Waals surface area contributed by atoms with Crippen LogP contribution in [0.1, 0.15) is 80.7 Å². The molecule has 0 spiro atoms. The summed E-state index contributed by atoms with van der Waals surface area (Å²) in [5, 5.41) is 9.27. The van der Waals surface area contributed by atoms with E-state index in [-0.39, 0.29) is 54.5 Å². The molecule has 0 radical (unpaired) electrons. The molecule has 5 aromatic carbocycles. The van der Waals surface area contributed by atoms with Crippen LogP contribution in [0.4, 0.5) is 20.1 Å². The summed E-state index contributed by atoms with van der Waals surface area (Å²) in [5.74, 6) is -6.12. The molecule has 4 atom stereocenters. The van der Waals surface area contributed by atoms with Crippen molar-refractivity contribution in [3.63, 3.8) is 0 Å². The summed E-state index contributed by atoms with van der Waals surface area (Å²) >= 11 is 1.17. The molecule has 1 unspecified atom stereocenters. The zero-order valence-corrected chi connectivity index (χ0v) is 46.8. The number of β-lactam (4-membered cyclic amide) rings is 1. The van der Waals surface area contributed by atoms with Crippen LogP contribution in [0.25, 0.3) is 0 Å². The summed E-state index contributed by atoms with van der Waals surface area (Å²) in [6.45, 7) is 6.76. The Bertz CT molecular complexity index is 3180. The van der Waals surface area contributed by atoms with Gasteiger partial charge < -0.3 is 44.5 Å². The van der Waals surface area contributed by atoms with Crippen LogP contribution in [0.5, 0.6) is 0 Å². The number of carbonyl (C=O) groups is 10. The number of amides is 8. The molecule has 83 heavy (non-hydrogen) atoms. The van der Waals surface area contributed by atoms with Crippen molar-refractivity contribution in [3.05, 3.63) is 185 Å². The maximum absolute atomic E-state index is 14.6. The van der Waals surface area contributed by atoms with Gasteiger partial charge in [0.25, 0.3) is 5.91 Å². The highest BCUT2D eigenvalue weighted by Crippen LogP contribution is 2.42. The summed E-state index contributed by atoms with van der Waals surface area (Å²) in [7, 11) is 0. The van der Waals surface area contributed by atoms with Gasteiger partial charge in [-0.25, -0.2) is 24.0 Å². The minimum atomic E-state index is -1.65. The highest BCUT2D eigenvalue weighted by atomic mass is 32.2. The van der Waals surface area contributed by atoms with Gasteiger partial charge in [0.1, 0.15) is 42.0 Å². The van der Waals surface area contributed by atoms with E-state index in [0.29, 0.717) is 27.2 Å². The van der Waals surface area contributed by atoms with Gasteiger partial charge in [0.05, 0.1) is 0 Å². The van der Waals surface area contributed by atoms with E-state index in [1.165, 1.54) is 52.8 Å². The maximum Gasteiger partial charge on any atom is 0.411 e. The SMILES string of the molecule is CCN1CCN(C(=O)N[C@H](C(=O)N[C@@H]2C(=O)N3C(C(=O)OC(c4ccccc4)c4ccccc4)=C(COC(C)=O)CS[C@H]23)c2ccc(NC(=O)OCC(NC(=O)OC(C)(C)C)C(=O)OC(c3ccccc3)c3ccccc3)cc2)C(=O)C1=O. The molecular formula is C60H61N7O15S. The molecule has 22 nitrogen and oxygen atoms in total. The number of carbonyl (C=O) groups excluding carboxylic acids is 10. The molecule has 8 rings (SSSR count). The number of nitrogens with one attached hydrogen (secondary N) is 4. The molecule has 5 aromatic rings. The van der Waals surface area contributed by atoms with Gasteiger partial charge in [0, 0.05) is 43.6 Å². The number of benzene rings is 5. The van der Waals surface area contributed by atoms with Crippen molar-refractivity contribution in [2.45, 2.75) is 75.9 Å². The highest BCUT2D eigenvalue weighted by Gasteiger charge is 2.55. The molecule has 432 valence electrons. The van der Waals surface area contributed by atoms with Crippen LogP contribution in [-0.2, 0) is 57.2 Å². The van der Waals surface area contributed by atoms with E-state index in [4.69, 9.17) is 23.7 Å². The van der Waals surface area contributed by atoms with Gasteiger partial charge in [-0.3, -0.25) is 39.1 Å². The standard InChI is InChI=1S/C60H61N7O15S/c1-6-65-31-32-66(53(72)52(65)71)57(75)64-45(50(69)63-46-51(70)67-47(42(33-78-36(2)68)35-83-54(46)67)56(74)81-49(40-23-15-9-16-24-40)41-25-17-10-18-26-41)37-27-29-43(30-28-37)61-58(76)79-34-44(62-59(77)82-60(3,4)5)55(73)80-48(38-19-11-7-12-20-38)39-21-13-8-14-22-39/h7-30,44-46,48-49,54H,6,31-35H2,1-5H3,(H,61,76)(H,62,77)(H,63,69)(H,64,75)/t44?,45-,46+,54+/m0/s1. The first kappa shape index (κ1) is 59.6. The van der Waals surface area contributed by atoms with Gasteiger partial charge in [0.2, 0.25) is 5.91 Å². The number of fused-ring (bicyclic) bond motifs is 1. The lowest BCUT2D eigenvalue weighted by molar-refractivity contribution is -0.155. The average molecular weight is 1150 g/mol. The van der Waals surface area contributed by atoms with Crippen molar-refractivity contribution in [2.75, 3.05) is 43.9 Å². The van der Waals surface area contributed by atoms with Crippen molar-refractivity contribution < 1.29 is 71.6 Å². The van der Waals surface area contributed by atoms with E-state index >= 15 is 0 Å². The molecule has 2 fully saturated rings. The molecule has 3 heterocycles. The molecule has 23 heteroatoms. The van der Waals surface area contributed by atoms with Gasteiger partial charge in [-0.15, -0.1) is 11.8 Å². The van der Waals surface area contributed by atoms with Crippen molar-refractivity contribution in [2.24, 2.45) is 0 Å². The zero-order valence-electron chi connectivity index (χ0n) is 45.9. The number of thioether (sulfide) groups is 1. The number of nitrogens with zero attached hydrogens (tertiary/aromatic N) is 3. The Balaban J connectivity index is 0.996. The number of esters is 3. The second-order valence-electron chi connectivity index (χ2n) is 20.1. The summed E-state index contributed by atoms with van der Waals surface area (Å²) < 4.78 is 28.3. The Hall–Kier alpha value is -9.51. The van der Waals surface area contributed by atoms with E-state index in [1.54, 1.807) is 137 Å². The van der Waals surface area contributed by atoms with Crippen molar-refractivity contribution >= 4 is 77.2 Å². The van der Waals surface area contributed by atoms with Gasteiger partial charge in [-0.05, 0) is 67.6 Å². The van der Waals surface area contributed by atoms with Crippen LogP contribution >= 0.6 is 11.8 Å². The number of hydrogen-bond donors (Lipinski definition) is 4. The first-order chi connectivity index (χ1) is 39.8. The summed E-state index contributed by atoms with van der Waals surface area (Å²) in [6, 6.07) is 35.5. The van der Waals surface area contributed by atoms with Crippen LogP contribution in [0.3, 0.4) is 0 Å². The number of ether oxygens (including phenoxy) is 5. The fourth-order valence-electron chi connectivity index (χ4n) is 9.10. The van der Waals surface area contributed by atoms with Crippen LogP contribution < -0.4 is 21.3 Å². The topological polar surface area (TPSA) is 275 Å². The number of rotatable bonds is 19. The van der Waals surface area contributed by atoms with Gasteiger partial charge >= 0.3 is 47.9 Å². The minimum absolute atomic E-state index is 0.0310. The second-order valence-corrected chi connectivity index (χ2v) is 21.2. The monoisotopic (exact) mass is 1150 g/mol. The number of likely N-dealkylation sites (N-methyl/N-ethyl adjacent to an activating group) is 1. The van der Waals surface area contributed by atoms with E-state index < -0.39 is 108 Å². The number of anilines is 1. The number of hydrogen-bond acceptors (Lipinski definition) is 16. The van der Waals surface area contributed by atoms with Gasteiger partial charge in [-0.1, -0.05) is 133 Å². The Morgan fingerprint density at radius 1 is 0.651 bits per heavy atom. The van der Waals surface area contributed by atoms with Crippen molar-refractivity contribution in [1.82, 2.24) is 30.7 Å². The maximum atomic E-state index is 14.6. The Labute approximate surface area is 482 Å². The van der Waals surface area contributed by atoms with E-state index in [2.05, 4.69) is 21.3 Å². The lowest BCUT2D eigenvalue weighted by Crippen LogP contribution is -2.71. The van der Waals surface area contributed by atoms with Crippen LogP contribution in [0, 0.1) is 0 Å². The number of urea groups is 1. The normalized spacial score (nSPS) is 16.6. The molecule has 0 aliphatic carbocycles. The van der Waals surface area contributed by atoms with E-state index in [9.17, 15) is 47.9 Å². The summed E-state index contributed by atoms with van der Waals surface area (Å²) in [4.78, 5) is 139. The smallest absolute Gasteiger partial charge is 0.411 e. The van der Waals surface area contributed by atoms with Crippen LogP contribution in [0.15, 0.2) is 157 Å². The van der Waals surface area contributed by atoms with Crippen LogP contribution in [0.2, 0.25) is 0 Å². The van der Waals surface area contributed by atoms with E-state index in [1.807, 2.05) is 12.1 Å². The highest BCUT2D eigenvalue weighted by molar-refractivity contribution is 8.00. The summed E-state index contributed by atoms with van der Waals surface area (Å²) in [6.07, 6.45) is -3.89. The first-order valence-corrected chi connectivity index (χ1v) is 27.5. The number of piperazine rings is 1. The van der Waals surface area contributed by atoms with Crippen LogP contribution in [-0.4, -0.2) is 136 Å². The Kier molecular flexibility index (Phi) is 19.3. The number of imide groups is 1. The van der Waals surface area contributed by atoms with E-state index in [0.717, 1.165) is 0 Å². The first-order valence-electron chi connectivity index (χ1n) is 26.5. The average Bonchev–Trinajstić information content (AvgIpc) is 1.83. The second kappa shape index (κ2) is 26.8. The fraction of sp³-hybridized carbons (Fsp3) is 0.300. The largest absolute Gasteiger partial charge is 0.461 e. The molecule has 3 aliphatic rings. The molecular weight excluding hydrogens is 1090 g/mol. The van der Waals surface area contributed by atoms with Gasteiger partial charge in [0.15, 0.2) is 18.2 Å². The fourth-order valence-corrected chi connectivity index (χ4v) is 10.4. The molecule has 8 amide bonds. The third-order valence-electron chi connectivity index (χ3n) is 13.2. The molecule has 0 saturated carbocycles. The zero-order chi connectivity index (χ0) is 59.4. The van der Waals surface area contributed by atoms with Crippen molar-refractivity contribution in [1.29, 1.82) is 0 Å². The molecule has 0 aromatic heterocycles. The Morgan fingerprint density at radius 3 is 1.71 bits per heavy atom. The third kappa shape index (κ3) is 14.9. The molecule has 0 bridgehead atoms. The predicted octanol–water partition coefficient (Wildman–Crippen LogP) is 6.45. The lowest BCUT2D eigenvalue weighted by atomic mass is 10.00. The molecule has 2 saturated heterocycles. The molecule has 3 aliphatic heterocycles. The lowest BCUT2D eigenvalue weighted by Gasteiger charge is -2.50. The minimum Gasteiger partial charge on any atom is -0.461 e. The van der Waals surface area contributed by atoms with Crippen molar-refractivity contribution in [3.8, 4) is 0 Å². The quantitative estimate of drug-likeness (QED) is 0.0299. The third-order valence-corrected chi connectivity index (χ3v) is 14.5. The van der Waals surface area contributed by atoms with Gasteiger partial charge in [-0.2, -0.15) is 0 Å².